The molecule has 0 aliphatic heterocycles. The van der Waals surface area contributed by atoms with Gasteiger partial charge in [0.15, 0.2) is 0 Å². The molecule has 0 aliphatic carbocycles. The fourth-order valence-corrected chi connectivity index (χ4v) is 1.19. The van der Waals surface area contributed by atoms with Gasteiger partial charge in [0, 0.05) is 0 Å². The molecule has 0 rings (SSSR count). The second-order valence-electron chi connectivity index (χ2n) is 1.57. The van der Waals surface area contributed by atoms with Crippen LogP contribution in [0.5, 0.6) is 0 Å². The maximum Gasteiger partial charge on any atom is 0.228 e. The molecule has 0 amide bonds. The van der Waals surface area contributed by atoms with Crippen molar-refractivity contribution in [3.63, 3.8) is 0 Å². The van der Waals surface area contributed by atoms with Crippen molar-refractivity contribution >= 4 is 9.13 Å². The molecule has 0 saturated carbocycles. The van der Waals surface area contributed by atoms with Gasteiger partial charge in [-0.2, -0.15) is 0 Å². The van der Waals surface area contributed by atoms with Gasteiger partial charge in [-0.1, -0.05) is 13.3 Å². The van der Waals surface area contributed by atoms with E-state index in [1.165, 1.54) is 0 Å². The zero-order valence-electron chi connectivity index (χ0n) is 4.37. The van der Waals surface area contributed by atoms with Crippen LogP contribution in [0.25, 0.3) is 0 Å². The Labute approximate surface area is 40.2 Å². The Morgan fingerprint density at radius 1 is 1.67 bits per heavy atom. The average Bonchev–Trinajstić information content (AvgIpc) is 1.35. The van der Waals surface area contributed by atoms with Crippen LogP contribution in [-0.2, 0) is 0 Å². The van der Waals surface area contributed by atoms with Gasteiger partial charge >= 0.3 is 0 Å². The highest BCUT2D eigenvalue weighted by molar-refractivity contribution is 6.49. The van der Waals surface area contributed by atoms with E-state index in [-0.39, 0.29) is 0 Å². The lowest BCUT2D eigenvalue weighted by molar-refractivity contribution is 0.813. The third kappa shape index (κ3) is 4.15. The molecule has 0 aromatic rings. The van der Waals surface area contributed by atoms with E-state index in [0.29, 0.717) is 0 Å². The van der Waals surface area contributed by atoms with E-state index >= 15 is 0 Å². The van der Waals surface area contributed by atoms with Gasteiger partial charge < -0.3 is 4.11 Å². The third-order valence-electron chi connectivity index (χ3n) is 0.686. The van der Waals surface area contributed by atoms with E-state index in [2.05, 4.69) is 0 Å². The molecule has 0 aromatic carbocycles. The standard InChI is InChI=1S/C4H11FSi/c1-3-4-6(2)5/h6H,3-4H2,1-2H3. The van der Waals surface area contributed by atoms with Gasteiger partial charge in [-0.15, -0.1) is 0 Å². The molecule has 2 heteroatoms. The second-order valence-corrected chi connectivity index (χ2v) is 3.71. The monoisotopic (exact) mass is 106 g/mol. The SMILES string of the molecule is CCC[SiH](C)F. The van der Waals surface area contributed by atoms with Crippen molar-refractivity contribution in [2.45, 2.75) is 25.9 Å². The first-order chi connectivity index (χ1) is 2.77. The summed E-state index contributed by atoms with van der Waals surface area (Å²) in [6.07, 6.45) is 1.02. The molecule has 0 radical (unpaired) electrons. The summed E-state index contributed by atoms with van der Waals surface area (Å²) in [7, 11) is -1.67. The quantitative estimate of drug-likeness (QED) is 0.371. The highest BCUT2D eigenvalue weighted by Crippen LogP contribution is 1.94. The van der Waals surface area contributed by atoms with E-state index in [1.54, 1.807) is 6.55 Å². The van der Waals surface area contributed by atoms with Gasteiger partial charge in [-0.3, -0.25) is 0 Å². The number of halogens is 1. The summed E-state index contributed by atoms with van der Waals surface area (Å²) < 4.78 is 11.8. The molecule has 0 heterocycles. The van der Waals surface area contributed by atoms with Crippen molar-refractivity contribution in [1.29, 1.82) is 0 Å². The summed E-state index contributed by atoms with van der Waals surface area (Å²) in [5.74, 6) is 0. The fraction of sp³-hybridized carbons (Fsp3) is 1.00. The van der Waals surface area contributed by atoms with Gasteiger partial charge in [-0.25, -0.2) is 0 Å². The highest BCUT2D eigenvalue weighted by atomic mass is 28.3. The maximum atomic E-state index is 11.8. The summed E-state index contributed by atoms with van der Waals surface area (Å²) in [6.45, 7) is 3.74. The second kappa shape index (κ2) is 3.34. The normalized spacial score (nSPS) is 14.5. The predicted molar refractivity (Wildman–Crippen MR) is 29.2 cm³/mol. The first-order valence-electron chi connectivity index (χ1n) is 2.41. The van der Waals surface area contributed by atoms with Gasteiger partial charge in [0.25, 0.3) is 0 Å². The lowest BCUT2D eigenvalue weighted by Gasteiger charge is -1.88. The Morgan fingerprint density at radius 2 is 2.17 bits per heavy atom. The lowest BCUT2D eigenvalue weighted by Crippen LogP contribution is -1.93. The zero-order valence-corrected chi connectivity index (χ0v) is 5.52. The molecule has 1 atom stereocenters. The van der Waals surface area contributed by atoms with Crippen molar-refractivity contribution in [2.24, 2.45) is 0 Å². The summed E-state index contributed by atoms with van der Waals surface area (Å²) in [6, 6.07) is 0.847. The van der Waals surface area contributed by atoms with Gasteiger partial charge in [-0.05, 0) is 12.6 Å². The Morgan fingerprint density at radius 3 is 2.17 bits per heavy atom. The van der Waals surface area contributed by atoms with Gasteiger partial charge in [0.1, 0.15) is 0 Å². The van der Waals surface area contributed by atoms with Crippen molar-refractivity contribution in [3.8, 4) is 0 Å². The summed E-state index contributed by atoms with van der Waals surface area (Å²) in [4.78, 5) is 0. The molecule has 6 heavy (non-hydrogen) atoms. The molecular formula is C4H11FSi. The zero-order chi connectivity index (χ0) is 4.99. The van der Waals surface area contributed by atoms with Crippen molar-refractivity contribution in [3.05, 3.63) is 0 Å². The van der Waals surface area contributed by atoms with E-state index in [4.69, 9.17) is 0 Å². The Hall–Kier alpha value is 0.147. The average molecular weight is 106 g/mol. The van der Waals surface area contributed by atoms with E-state index in [9.17, 15) is 4.11 Å². The fourth-order valence-electron chi connectivity index (χ4n) is 0.398. The van der Waals surface area contributed by atoms with Crippen molar-refractivity contribution in [1.82, 2.24) is 0 Å². The van der Waals surface area contributed by atoms with Crippen LogP contribution in [0.2, 0.25) is 12.6 Å². The van der Waals surface area contributed by atoms with Crippen LogP contribution < -0.4 is 0 Å². The topological polar surface area (TPSA) is 0 Å². The van der Waals surface area contributed by atoms with Crippen molar-refractivity contribution in [2.75, 3.05) is 0 Å². The lowest BCUT2D eigenvalue weighted by atomic mass is 10.6. The molecule has 0 bridgehead atoms. The predicted octanol–water partition coefficient (Wildman–Crippen LogP) is 1.72. The minimum atomic E-state index is -1.67. The van der Waals surface area contributed by atoms with E-state index < -0.39 is 9.13 Å². The highest BCUT2D eigenvalue weighted by Gasteiger charge is 1.94. The smallest absolute Gasteiger partial charge is 0.228 e. The number of hydrogen-bond acceptors (Lipinski definition) is 0. The summed E-state index contributed by atoms with van der Waals surface area (Å²) in [5.41, 5.74) is 0. The van der Waals surface area contributed by atoms with Crippen molar-refractivity contribution < 1.29 is 4.11 Å². The minimum absolute atomic E-state index is 0.847. The van der Waals surface area contributed by atoms with Crippen LogP contribution in [0.1, 0.15) is 13.3 Å². The third-order valence-corrected chi connectivity index (χ3v) is 2.06. The first kappa shape index (κ1) is 6.15. The summed E-state index contributed by atoms with van der Waals surface area (Å²) >= 11 is 0. The minimum Gasteiger partial charge on any atom is -0.319 e. The van der Waals surface area contributed by atoms with E-state index in [0.717, 1.165) is 12.5 Å². The van der Waals surface area contributed by atoms with Crippen LogP contribution in [0, 0.1) is 0 Å². The van der Waals surface area contributed by atoms with Crippen LogP contribution in [0.3, 0.4) is 0 Å². The van der Waals surface area contributed by atoms with Crippen LogP contribution in [-0.4, -0.2) is 9.13 Å². The Kier molecular flexibility index (Phi) is 3.42. The first-order valence-corrected chi connectivity index (χ1v) is 4.82. The molecule has 0 nitrogen and oxygen atoms in total. The largest absolute Gasteiger partial charge is 0.319 e. The summed E-state index contributed by atoms with van der Waals surface area (Å²) in [5, 5.41) is 0. The molecule has 38 valence electrons. The van der Waals surface area contributed by atoms with Crippen LogP contribution in [0.15, 0.2) is 0 Å². The molecule has 0 aliphatic rings. The molecule has 0 saturated heterocycles. The molecule has 1 unspecified atom stereocenters. The molecule has 0 fully saturated rings. The number of hydrogen-bond donors (Lipinski definition) is 0. The van der Waals surface area contributed by atoms with Crippen LogP contribution in [0.4, 0.5) is 4.11 Å². The van der Waals surface area contributed by atoms with E-state index in [1.807, 2.05) is 6.92 Å². The molecule has 0 spiro atoms. The molecule has 0 aromatic heterocycles. The Bertz CT molecular complexity index is 28.7. The number of rotatable bonds is 2. The van der Waals surface area contributed by atoms with Gasteiger partial charge in [0.2, 0.25) is 9.13 Å². The molecule has 0 N–H and O–H groups in total. The maximum absolute atomic E-state index is 11.8. The van der Waals surface area contributed by atoms with Crippen LogP contribution >= 0.6 is 0 Å². The molecular weight excluding hydrogens is 95.1 g/mol. The van der Waals surface area contributed by atoms with Gasteiger partial charge in [0.05, 0.1) is 0 Å². The Balaban J connectivity index is 2.63.